The van der Waals surface area contributed by atoms with Crippen LogP contribution in [0.3, 0.4) is 0 Å². The van der Waals surface area contributed by atoms with E-state index < -0.39 is 5.60 Å². The van der Waals surface area contributed by atoms with Crippen molar-refractivity contribution in [1.82, 2.24) is 4.90 Å². The van der Waals surface area contributed by atoms with E-state index in [4.69, 9.17) is 4.74 Å². The molecule has 154 valence electrons. The van der Waals surface area contributed by atoms with Gasteiger partial charge in [-0.1, -0.05) is 91.0 Å². The monoisotopic (exact) mass is 399 g/mol. The lowest BCUT2D eigenvalue weighted by molar-refractivity contribution is -0.0960. The van der Waals surface area contributed by atoms with Gasteiger partial charge in [0.05, 0.1) is 12.7 Å². The summed E-state index contributed by atoms with van der Waals surface area (Å²) in [6.07, 6.45) is 1.92. The molecule has 4 atom stereocenters. The number of piperidine rings is 3. The molecular formula is C27H29NO2. The molecule has 3 aromatic rings. The second kappa shape index (κ2) is 8.35. The highest BCUT2D eigenvalue weighted by molar-refractivity contribution is 5.47. The highest BCUT2D eigenvalue weighted by atomic mass is 16.5. The van der Waals surface area contributed by atoms with E-state index in [1.165, 1.54) is 0 Å². The zero-order chi connectivity index (χ0) is 20.4. The van der Waals surface area contributed by atoms with Crippen LogP contribution in [0.5, 0.6) is 0 Å². The fraction of sp³-hybridized carbons (Fsp3) is 0.333. The van der Waals surface area contributed by atoms with E-state index in [1.807, 2.05) is 0 Å². The molecule has 3 heterocycles. The summed E-state index contributed by atoms with van der Waals surface area (Å²) >= 11 is 0. The van der Waals surface area contributed by atoms with E-state index in [-0.39, 0.29) is 6.10 Å². The predicted octanol–water partition coefficient (Wildman–Crippen LogP) is 4.45. The van der Waals surface area contributed by atoms with E-state index in [0.29, 0.717) is 18.6 Å². The van der Waals surface area contributed by atoms with Crippen molar-refractivity contribution in [2.24, 2.45) is 5.92 Å². The van der Waals surface area contributed by atoms with Crippen LogP contribution in [0.1, 0.15) is 29.5 Å². The second-order valence-electron chi connectivity index (χ2n) is 8.59. The van der Waals surface area contributed by atoms with Crippen LogP contribution < -0.4 is 0 Å². The molecule has 0 aromatic heterocycles. The number of fused-ring (bicyclic) bond motifs is 3. The van der Waals surface area contributed by atoms with Gasteiger partial charge in [-0.2, -0.15) is 0 Å². The second-order valence-corrected chi connectivity index (χ2v) is 8.59. The Morgan fingerprint density at radius 2 is 1.30 bits per heavy atom. The topological polar surface area (TPSA) is 32.7 Å². The molecule has 0 saturated carbocycles. The van der Waals surface area contributed by atoms with Crippen molar-refractivity contribution in [2.45, 2.75) is 30.6 Å². The zero-order valence-electron chi connectivity index (χ0n) is 17.2. The fourth-order valence-corrected chi connectivity index (χ4v) is 5.27. The van der Waals surface area contributed by atoms with Gasteiger partial charge in [-0.15, -0.1) is 0 Å². The van der Waals surface area contributed by atoms with Crippen LogP contribution in [0.2, 0.25) is 0 Å². The van der Waals surface area contributed by atoms with Gasteiger partial charge in [0.15, 0.2) is 0 Å². The average Bonchev–Trinajstić information content (AvgIpc) is 2.82. The molecule has 0 aliphatic carbocycles. The summed E-state index contributed by atoms with van der Waals surface area (Å²) in [7, 11) is 0. The summed E-state index contributed by atoms with van der Waals surface area (Å²) in [6, 6.07) is 32.0. The van der Waals surface area contributed by atoms with Crippen LogP contribution in [-0.4, -0.2) is 41.8 Å². The molecule has 30 heavy (non-hydrogen) atoms. The zero-order valence-corrected chi connectivity index (χ0v) is 17.2. The molecule has 0 amide bonds. The Kier molecular flexibility index (Phi) is 5.43. The lowest BCUT2D eigenvalue weighted by Crippen LogP contribution is -2.57. The number of benzene rings is 3. The molecule has 3 heteroatoms. The molecule has 2 bridgehead atoms. The normalized spacial score (nSPS) is 25.9. The molecule has 3 aliphatic heterocycles. The highest BCUT2D eigenvalue weighted by Gasteiger charge is 2.42. The van der Waals surface area contributed by atoms with E-state index in [2.05, 4.69) is 95.9 Å². The Labute approximate surface area is 178 Å². The van der Waals surface area contributed by atoms with E-state index in [1.54, 1.807) is 0 Å². The van der Waals surface area contributed by atoms with Gasteiger partial charge in [-0.05, 0) is 42.0 Å². The van der Waals surface area contributed by atoms with Crippen LogP contribution in [0.4, 0.5) is 0 Å². The van der Waals surface area contributed by atoms with Gasteiger partial charge in [-0.3, -0.25) is 4.90 Å². The van der Waals surface area contributed by atoms with E-state index >= 15 is 0 Å². The number of rotatable bonds is 6. The Bertz CT molecular complexity index is 848. The third-order valence-electron chi connectivity index (χ3n) is 6.88. The first-order valence-corrected chi connectivity index (χ1v) is 11.0. The van der Waals surface area contributed by atoms with Crippen LogP contribution in [-0.2, 0) is 10.3 Å². The summed E-state index contributed by atoms with van der Waals surface area (Å²) in [5.41, 5.74) is 2.75. The minimum Gasteiger partial charge on any atom is -0.392 e. The highest BCUT2D eigenvalue weighted by Crippen LogP contribution is 2.41. The minimum absolute atomic E-state index is 0.183. The van der Waals surface area contributed by atoms with Crippen molar-refractivity contribution < 1.29 is 9.84 Å². The number of aliphatic hydroxyl groups is 1. The van der Waals surface area contributed by atoms with Crippen LogP contribution in [0.25, 0.3) is 0 Å². The molecule has 3 nitrogen and oxygen atoms in total. The molecule has 3 fully saturated rings. The predicted molar refractivity (Wildman–Crippen MR) is 119 cm³/mol. The third-order valence-corrected chi connectivity index (χ3v) is 6.88. The standard InChI is InChI=1S/C27H29NO2/c29-26-19-28-17-16-21(26)18-25(28)20-30-27(22-10-4-1-5-11-22,23-12-6-2-7-13-23)24-14-8-3-9-15-24/h1-15,21,25-26,29H,16-20H2/t21-,25+,26+/m0/s1. The lowest BCUT2D eigenvalue weighted by atomic mass is 9.79. The maximum atomic E-state index is 10.3. The molecule has 3 saturated heterocycles. The Morgan fingerprint density at radius 1 is 0.800 bits per heavy atom. The number of aliphatic hydroxyl groups excluding tert-OH is 1. The Balaban J connectivity index is 1.56. The summed E-state index contributed by atoms with van der Waals surface area (Å²) in [5, 5.41) is 10.3. The molecular weight excluding hydrogens is 370 g/mol. The van der Waals surface area contributed by atoms with Gasteiger partial charge in [0.1, 0.15) is 5.60 Å². The van der Waals surface area contributed by atoms with Gasteiger partial charge in [0.2, 0.25) is 0 Å². The van der Waals surface area contributed by atoms with E-state index in [9.17, 15) is 5.11 Å². The maximum Gasteiger partial charge on any atom is 0.143 e. The summed E-state index contributed by atoms with van der Waals surface area (Å²) in [5.74, 6) is 0.406. The first-order chi connectivity index (χ1) is 14.8. The average molecular weight is 400 g/mol. The van der Waals surface area contributed by atoms with Crippen LogP contribution >= 0.6 is 0 Å². The molecule has 6 rings (SSSR count). The van der Waals surface area contributed by atoms with Gasteiger partial charge in [0.25, 0.3) is 0 Å². The molecule has 0 spiro atoms. The van der Waals surface area contributed by atoms with Gasteiger partial charge in [0, 0.05) is 12.6 Å². The molecule has 3 aromatic carbocycles. The molecule has 1 unspecified atom stereocenters. The molecule has 1 N–H and O–H groups in total. The number of nitrogens with zero attached hydrogens (tertiary/aromatic N) is 1. The third kappa shape index (κ3) is 3.47. The first kappa shape index (κ1) is 19.5. The lowest BCUT2D eigenvalue weighted by Gasteiger charge is -2.49. The maximum absolute atomic E-state index is 10.3. The van der Waals surface area contributed by atoms with Crippen LogP contribution in [0.15, 0.2) is 91.0 Å². The first-order valence-electron chi connectivity index (χ1n) is 11.0. The van der Waals surface area contributed by atoms with Crippen molar-refractivity contribution in [3.63, 3.8) is 0 Å². The molecule has 3 aliphatic rings. The number of hydrogen-bond acceptors (Lipinski definition) is 3. The smallest absolute Gasteiger partial charge is 0.143 e. The summed E-state index contributed by atoms with van der Waals surface area (Å²) in [4.78, 5) is 2.41. The van der Waals surface area contributed by atoms with Crippen molar-refractivity contribution >= 4 is 0 Å². The summed E-state index contributed by atoms with van der Waals surface area (Å²) in [6.45, 7) is 2.47. The minimum atomic E-state index is -0.666. The molecule has 0 radical (unpaired) electrons. The van der Waals surface area contributed by atoms with Gasteiger partial charge >= 0.3 is 0 Å². The Morgan fingerprint density at radius 3 is 1.70 bits per heavy atom. The van der Waals surface area contributed by atoms with Crippen LogP contribution in [0, 0.1) is 5.92 Å². The Hall–Kier alpha value is -2.46. The van der Waals surface area contributed by atoms with Gasteiger partial charge < -0.3 is 9.84 Å². The van der Waals surface area contributed by atoms with E-state index in [0.717, 1.165) is 42.6 Å². The van der Waals surface area contributed by atoms with Gasteiger partial charge in [-0.25, -0.2) is 0 Å². The number of ether oxygens (including phenoxy) is 1. The largest absolute Gasteiger partial charge is 0.392 e. The fourth-order valence-electron chi connectivity index (χ4n) is 5.27. The SMILES string of the molecule is O[C@@H]1CN2CC[C@H]1C[C@@H]2COC(c1ccccc1)(c1ccccc1)c1ccccc1. The quantitative estimate of drug-likeness (QED) is 0.622. The van der Waals surface area contributed by atoms with Crippen molar-refractivity contribution in [2.75, 3.05) is 19.7 Å². The number of hydrogen-bond donors (Lipinski definition) is 1. The summed E-state index contributed by atoms with van der Waals surface area (Å²) < 4.78 is 6.99. The van der Waals surface area contributed by atoms with Crippen molar-refractivity contribution in [3.8, 4) is 0 Å². The van der Waals surface area contributed by atoms with Crippen molar-refractivity contribution in [1.29, 1.82) is 0 Å². The van der Waals surface area contributed by atoms with Crippen molar-refractivity contribution in [3.05, 3.63) is 108 Å².